The third-order valence-electron chi connectivity index (χ3n) is 2.37. The second-order valence-electron chi connectivity index (χ2n) is 3.84. The molecule has 8 nitrogen and oxygen atoms in total. The third-order valence-corrected chi connectivity index (χ3v) is 2.37. The molecule has 0 bridgehead atoms. The quantitative estimate of drug-likeness (QED) is 0.399. The first kappa shape index (κ1) is 15.1. The summed E-state index contributed by atoms with van der Waals surface area (Å²) < 4.78 is 4.94. The van der Waals surface area contributed by atoms with Gasteiger partial charge in [0.2, 0.25) is 11.8 Å². The van der Waals surface area contributed by atoms with Crippen molar-refractivity contribution in [3.63, 3.8) is 0 Å². The van der Waals surface area contributed by atoms with Crippen molar-refractivity contribution in [1.82, 2.24) is 9.97 Å². The Kier molecular flexibility index (Phi) is 6.51. The first-order chi connectivity index (χ1) is 9.19. The Morgan fingerprint density at radius 3 is 2.84 bits per heavy atom. The number of methoxy groups -OCH3 is 1. The molecule has 0 aromatic carbocycles. The Balaban J connectivity index is 2.66. The van der Waals surface area contributed by atoms with Crippen LogP contribution in [0.3, 0.4) is 0 Å². The van der Waals surface area contributed by atoms with Crippen molar-refractivity contribution in [1.29, 1.82) is 0 Å². The van der Waals surface area contributed by atoms with Gasteiger partial charge in [-0.05, 0) is 19.8 Å². The first-order valence-corrected chi connectivity index (χ1v) is 6.17. The van der Waals surface area contributed by atoms with Gasteiger partial charge in [0.05, 0.1) is 4.92 Å². The molecular weight excluding hydrogens is 250 g/mol. The number of hydrogen-bond donors (Lipinski definition) is 2. The van der Waals surface area contributed by atoms with E-state index in [1.807, 2.05) is 6.92 Å². The van der Waals surface area contributed by atoms with Crippen LogP contribution in [0.5, 0.6) is 0 Å². The number of nitro groups is 1. The molecule has 0 unspecified atom stereocenters. The van der Waals surface area contributed by atoms with Crippen LogP contribution in [-0.4, -0.2) is 41.7 Å². The smallest absolute Gasteiger partial charge is 0.329 e. The molecule has 8 heteroatoms. The molecule has 0 saturated carbocycles. The largest absolute Gasteiger partial charge is 0.385 e. The SMILES string of the molecule is CCNc1ncc([N+](=O)[O-])c(NCCCCOC)n1. The second kappa shape index (κ2) is 8.20. The zero-order chi connectivity index (χ0) is 14.1. The van der Waals surface area contributed by atoms with Gasteiger partial charge < -0.3 is 15.4 Å². The van der Waals surface area contributed by atoms with Gasteiger partial charge in [-0.1, -0.05) is 0 Å². The molecule has 106 valence electrons. The maximum atomic E-state index is 10.9. The van der Waals surface area contributed by atoms with E-state index in [2.05, 4.69) is 20.6 Å². The fraction of sp³-hybridized carbons (Fsp3) is 0.636. The van der Waals surface area contributed by atoms with Gasteiger partial charge in [-0.3, -0.25) is 10.1 Å². The van der Waals surface area contributed by atoms with Crippen LogP contribution in [0.15, 0.2) is 6.20 Å². The van der Waals surface area contributed by atoms with Gasteiger partial charge in [-0.25, -0.2) is 4.98 Å². The van der Waals surface area contributed by atoms with Gasteiger partial charge in [0, 0.05) is 26.8 Å². The minimum atomic E-state index is -0.493. The van der Waals surface area contributed by atoms with Crippen LogP contribution >= 0.6 is 0 Å². The van der Waals surface area contributed by atoms with E-state index in [4.69, 9.17) is 4.74 Å². The highest BCUT2D eigenvalue weighted by Crippen LogP contribution is 2.21. The predicted octanol–water partition coefficient (Wildman–Crippen LogP) is 1.66. The summed E-state index contributed by atoms with van der Waals surface area (Å²) in [6, 6.07) is 0. The number of nitrogens with zero attached hydrogens (tertiary/aromatic N) is 3. The van der Waals surface area contributed by atoms with Crippen LogP contribution in [0.4, 0.5) is 17.5 Å². The molecule has 0 spiro atoms. The average Bonchev–Trinajstić information content (AvgIpc) is 2.39. The molecule has 0 aliphatic carbocycles. The summed E-state index contributed by atoms with van der Waals surface area (Å²) in [5.74, 6) is 0.626. The molecule has 1 aromatic rings. The van der Waals surface area contributed by atoms with Crippen LogP contribution in [-0.2, 0) is 4.74 Å². The number of anilines is 2. The molecule has 0 aliphatic rings. The van der Waals surface area contributed by atoms with E-state index >= 15 is 0 Å². The molecule has 0 aliphatic heterocycles. The summed E-state index contributed by atoms with van der Waals surface area (Å²) in [4.78, 5) is 18.4. The van der Waals surface area contributed by atoms with Gasteiger partial charge in [0.25, 0.3) is 0 Å². The Hall–Kier alpha value is -1.96. The predicted molar refractivity (Wildman–Crippen MR) is 72.4 cm³/mol. The van der Waals surface area contributed by atoms with Crippen molar-refractivity contribution in [3.8, 4) is 0 Å². The maximum Gasteiger partial charge on any atom is 0.329 e. The lowest BCUT2D eigenvalue weighted by molar-refractivity contribution is -0.384. The maximum absolute atomic E-state index is 10.9. The van der Waals surface area contributed by atoms with Crippen molar-refractivity contribution < 1.29 is 9.66 Å². The Bertz CT molecular complexity index is 413. The first-order valence-electron chi connectivity index (χ1n) is 6.17. The van der Waals surface area contributed by atoms with Crippen molar-refractivity contribution in [3.05, 3.63) is 16.3 Å². The zero-order valence-corrected chi connectivity index (χ0v) is 11.2. The van der Waals surface area contributed by atoms with Crippen LogP contribution in [0.1, 0.15) is 19.8 Å². The lowest BCUT2D eigenvalue weighted by Gasteiger charge is -2.07. The topological polar surface area (TPSA) is 102 Å². The van der Waals surface area contributed by atoms with Gasteiger partial charge in [-0.15, -0.1) is 0 Å². The van der Waals surface area contributed by atoms with Crippen molar-refractivity contribution in [2.45, 2.75) is 19.8 Å². The van der Waals surface area contributed by atoms with Gasteiger partial charge in [0.1, 0.15) is 6.20 Å². The Morgan fingerprint density at radius 2 is 2.21 bits per heavy atom. The second-order valence-corrected chi connectivity index (χ2v) is 3.84. The standard InChI is InChI=1S/C11H19N5O3/c1-3-12-11-14-8-9(16(17)18)10(15-11)13-6-4-5-7-19-2/h8H,3-7H2,1-2H3,(H2,12,13,14,15). The molecule has 0 atom stereocenters. The van der Waals surface area contributed by atoms with Crippen LogP contribution in [0, 0.1) is 10.1 Å². The summed E-state index contributed by atoms with van der Waals surface area (Å²) >= 11 is 0. The number of hydrogen-bond acceptors (Lipinski definition) is 7. The van der Waals surface area contributed by atoms with Gasteiger partial charge >= 0.3 is 5.69 Å². The zero-order valence-electron chi connectivity index (χ0n) is 11.2. The van der Waals surface area contributed by atoms with Crippen LogP contribution in [0.2, 0.25) is 0 Å². The normalized spacial score (nSPS) is 10.2. The highest BCUT2D eigenvalue weighted by Gasteiger charge is 2.16. The number of unbranched alkanes of at least 4 members (excludes halogenated alkanes) is 1. The molecule has 1 aromatic heterocycles. The van der Waals surface area contributed by atoms with Crippen LogP contribution < -0.4 is 10.6 Å². The minimum Gasteiger partial charge on any atom is -0.385 e. The van der Waals surface area contributed by atoms with Crippen LogP contribution in [0.25, 0.3) is 0 Å². The number of aromatic nitrogens is 2. The van der Waals surface area contributed by atoms with E-state index in [1.54, 1.807) is 7.11 Å². The fourth-order valence-electron chi connectivity index (χ4n) is 1.46. The molecule has 0 radical (unpaired) electrons. The monoisotopic (exact) mass is 269 g/mol. The molecular formula is C11H19N5O3. The summed E-state index contributed by atoms with van der Waals surface area (Å²) in [5, 5.41) is 16.8. The number of ether oxygens (including phenoxy) is 1. The lowest BCUT2D eigenvalue weighted by atomic mass is 10.3. The highest BCUT2D eigenvalue weighted by atomic mass is 16.6. The van der Waals surface area contributed by atoms with E-state index in [0.717, 1.165) is 12.8 Å². The van der Waals surface area contributed by atoms with E-state index in [1.165, 1.54) is 6.20 Å². The van der Waals surface area contributed by atoms with Gasteiger partial charge in [-0.2, -0.15) is 4.98 Å². The summed E-state index contributed by atoms with van der Waals surface area (Å²) in [6.45, 7) is 3.84. The Morgan fingerprint density at radius 1 is 1.42 bits per heavy atom. The number of nitrogens with one attached hydrogen (secondary N) is 2. The molecule has 0 saturated heterocycles. The number of rotatable bonds is 9. The molecule has 0 amide bonds. The van der Waals surface area contributed by atoms with E-state index < -0.39 is 4.92 Å². The van der Waals surface area contributed by atoms with Crippen molar-refractivity contribution >= 4 is 17.5 Å². The average molecular weight is 269 g/mol. The summed E-state index contributed by atoms with van der Waals surface area (Å²) in [6.07, 6.45) is 2.95. The summed E-state index contributed by atoms with van der Waals surface area (Å²) in [5.41, 5.74) is -0.117. The third kappa shape index (κ3) is 5.04. The highest BCUT2D eigenvalue weighted by molar-refractivity contribution is 5.56. The minimum absolute atomic E-state index is 0.117. The summed E-state index contributed by atoms with van der Waals surface area (Å²) in [7, 11) is 1.64. The molecule has 2 N–H and O–H groups in total. The Labute approximate surface area is 111 Å². The van der Waals surface area contributed by atoms with Crippen molar-refractivity contribution in [2.75, 3.05) is 37.4 Å². The van der Waals surface area contributed by atoms with E-state index in [0.29, 0.717) is 25.6 Å². The van der Waals surface area contributed by atoms with Gasteiger partial charge in [0.15, 0.2) is 0 Å². The molecule has 1 rings (SSSR count). The van der Waals surface area contributed by atoms with E-state index in [-0.39, 0.29) is 11.5 Å². The van der Waals surface area contributed by atoms with Crippen molar-refractivity contribution in [2.24, 2.45) is 0 Å². The molecule has 19 heavy (non-hydrogen) atoms. The molecule has 0 fully saturated rings. The van der Waals surface area contributed by atoms with E-state index in [9.17, 15) is 10.1 Å². The molecule has 1 heterocycles. The lowest BCUT2D eigenvalue weighted by Crippen LogP contribution is -2.10. The fourth-order valence-corrected chi connectivity index (χ4v) is 1.46.